The van der Waals surface area contributed by atoms with Crippen LogP contribution in [0.25, 0.3) is 0 Å². The van der Waals surface area contributed by atoms with Crippen LogP contribution in [0.3, 0.4) is 0 Å². The first kappa shape index (κ1) is 17.6. The van der Waals surface area contributed by atoms with Crippen molar-refractivity contribution in [3.05, 3.63) is 54.1 Å². The van der Waals surface area contributed by atoms with Crippen molar-refractivity contribution in [3.8, 4) is 11.5 Å². The number of hydrogen-bond donors (Lipinski definition) is 0. The van der Waals surface area contributed by atoms with Crippen LogP contribution >= 0.6 is 0 Å². The topological polar surface area (TPSA) is 55.8 Å². The third-order valence-electron chi connectivity index (χ3n) is 3.84. The molecule has 0 radical (unpaired) electrons. The first-order valence-corrected chi connectivity index (χ1v) is 9.19. The number of likely N-dealkylation sites (N-methyl/N-ethyl adjacent to an activating group) is 1. The summed E-state index contributed by atoms with van der Waals surface area (Å²) in [5, 5.41) is 0. The van der Waals surface area contributed by atoms with Gasteiger partial charge in [0.2, 0.25) is 10.0 Å². The van der Waals surface area contributed by atoms with Gasteiger partial charge in [-0.15, -0.1) is 0 Å². The lowest BCUT2D eigenvalue weighted by Crippen LogP contribution is -2.43. The van der Waals surface area contributed by atoms with Crippen molar-refractivity contribution in [1.29, 1.82) is 0 Å². The van der Waals surface area contributed by atoms with Crippen molar-refractivity contribution in [2.45, 2.75) is 17.9 Å². The van der Waals surface area contributed by atoms with Crippen molar-refractivity contribution < 1.29 is 26.7 Å². The van der Waals surface area contributed by atoms with E-state index in [9.17, 15) is 17.2 Å². The van der Waals surface area contributed by atoms with E-state index in [1.54, 1.807) is 25.1 Å². The molecule has 0 spiro atoms. The number of ether oxygens (including phenoxy) is 2. The SMILES string of the molecule is CCN(CC1COc2ccccc2O1)S(=O)(=O)c1ccc(F)cc1F. The lowest BCUT2D eigenvalue weighted by molar-refractivity contribution is 0.0771. The van der Waals surface area contributed by atoms with Gasteiger partial charge < -0.3 is 9.47 Å². The van der Waals surface area contributed by atoms with Gasteiger partial charge in [-0.05, 0) is 24.3 Å². The van der Waals surface area contributed by atoms with E-state index < -0.39 is 32.7 Å². The van der Waals surface area contributed by atoms with E-state index in [2.05, 4.69) is 0 Å². The maximum atomic E-state index is 13.9. The monoisotopic (exact) mass is 369 g/mol. The number of halogens is 2. The Balaban J connectivity index is 1.81. The molecule has 0 saturated heterocycles. The molecule has 0 N–H and O–H groups in total. The summed E-state index contributed by atoms with van der Waals surface area (Å²) in [5.41, 5.74) is 0. The standard InChI is InChI=1S/C17H17F2NO4S/c1-2-20(25(21,22)17-8-7-12(18)9-14(17)19)10-13-11-23-15-5-3-4-6-16(15)24-13/h3-9,13H,2,10-11H2,1H3. The highest BCUT2D eigenvalue weighted by molar-refractivity contribution is 7.89. The van der Waals surface area contributed by atoms with E-state index in [1.807, 2.05) is 6.07 Å². The van der Waals surface area contributed by atoms with Crippen molar-refractivity contribution in [1.82, 2.24) is 4.31 Å². The van der Waals surface area contributed by atoms with Crippen molar-refractivity contribution in [2.24, 2.45) is 0 Å². The predicted octanol–water partition coefficient (Wildman–Crippen LogP) is 2.82. The van der Waals surface area contributed by atoms with Crippen LogP contribution in [0.1, 0.15) is 6.92 Å². The molecule has 0 aliphatic carbocycles. The Morgan fingerprint density at radius 2 is 1.88 bits per heavy atom. The normalized spacial score (nSPS) is 16.9. The Bertz CT molecular complexity index is 873. The van der Waals surface area contributed by atoms with Crippen LogP contribution in [0.15, 0.2) is 47.4 Å². The molecule has 2 aromatic carbocycles. The zero-order valence-electron chi connectivity index (χ0n) is 13.5. The van der Waals surface area contributed by atoms with Crippen LogP contribution in [0.4, 0.5) is 8.78 Å². The van der Waals surface area contributed by atoms with Crippen LogP contribution in [-0.2, 0) is 10.0 Å². The quantitative estimate of drug-likeness (QED) is 0.813. The van der Waals surface area contributed by atoms with Crippen LogP contribution in [0.2, 0.25) is 0 Å². The molecule has 0 amide bonds. The van der Waals surface area contributed by atoms with Gasteiger partial charge in [0, 0.05) is 12.6 Å². The summed E-state index contributed by atoms with van der Waals surface area (Å²) in [5.74, 6) is -0.834. The zero-order chi connectivity index (χ0) is 18.0. The molecule has 1 heterocycles. The van der Waals surface area contributed by atoms with E-state index in [1.165, 1.54) is 0 Å². The molecule has 2 aromatic rings. The Morgan fingerprint density at radius 1 is 1.16 bits per heavy atom. The Morgan fingerprint density at radius 3 is 2.56 bits per heavy atom. The summed E-state index contributed by atoms with van der Waals surface area (Å²) >= 11 is 0. The van der Waals surface area contributed by atoms with E-state index in [0.717, 1.165) is 16.4 Å². The van der Waals surface area contributed by atoms with Crippen LogP contribution in [0.5, 0.6) is 11.5 Å². The summed E-state index contributed by atoms with van der Waals surface area (Å²) in [6, 6.07) is 9.47. The zero-order valence-corrected chi connectivity index (χ0v) is 14.3. The Kier molecular flexibility index (Phi) is 4.91. The average Bonchev–Trinajstić information content (AvgIpc) is 2.59. The van der Waals surface area contributed by atoms with Gasteiger partial charge >= 0.3 is 0 Å². The van der Waals surface area contributed by atoms with Crippen LogP contribution in [0, 0.1) is 11.6 Å². The number of rotatable bonds is 5. The first-order valence-electron chi connectivity index (χ1n) is 7.75. The number of benzene rings is 2. The minimum Gasteiger partial charge on any atom is -0.486 e. The third kappa shape index (κ3) is 3.59. The molecule has 1 unspecified atom stereocenters. The summed E-state index contributed by atoms with van der Waals surface area (Å²) in [7, 11) is -4.12. The van der Waals surface area contributed by atoms with E-state index in [0.29, 0.717) is 17.6 Å². The molecule has 0 saturated carbocycles. The molecule has 1 aliphatic rings. The smallest absolute Gasteiger partial charge is 0.246 e. The lowest BCUT2D eigenvalue weighted by Gasteiger charge is -2.30. The van der Waals surface area contributed by atoms with Crippen molar-refractivity contribution in [2.75, 3.05) is 19.7 Å². The first-order chi connectivity index (χ1) is 11.9. The molecule has 8 heteroatoms. The molecule has 3 rings (SSSR count). The molecule has 1 aliphatic heterocycles. The summed E-state index contributed by atoms with van der Waals surface area (Å²) in [6.45, 7) is 1.91. The van der Waals surface area contributed by atoms with Gasteiger partial charge in [-0.1, -0.05) is 19.1 Å². The van der Waals surface area contributed by atoms with E-state index in [4.69, 9.17) is 9.47 Å². The molecular formula is C17H17F2NO4S. The second-order valence-corrected chi connectivity index (χ2v) is 7.43. The predicted molar refractivity (Wildman–Crippen MR) is 87.1 cm³/mol. The average molecular weight is 369 g/mol. The van der Waals surface area contributed by atoms with Gasteiger partial charge in [-0.2, -0.15) is 4.31 Å². The fraction of sp³-hybridized carbons (Fsp3) is 0.294. The second kappa shape index (κ2) is 6.97. The molecule has 134 valence electrons. The van der Waals surface area contributed by atoms with E-state index in [-0.39, 0.29) is 19.7 Å². The van der Waals surface area contributed by atoms with Crippen molar-refractivity contribution in [3.63, 3.8) is 0 Å². The van der Waals surface area contributed by atoms with Gasteiger partial charge in [0.15, 0.2) is 11.5 Å². The molecule has 5 nitrogen and oxygen atoms in total. The highest BCUT2D eigenvalue weighted by Crippen LogP contribution is 2.31. The minimum absolute atomic E-state index is 0.00994. The fourth-order valence-electron chi connectivity index (χ4n) is 2.60. The lowest BCUT2D eigenvalue weighted by atomic mass is 10.2. The van der Waals surface area contributed by atoms with Gasteiger partial charge in [0.1, 0.15) is 29.2 Å². The molecule has 0 bridgehead atoms. The Labute approximate surface area is 144 Å². The van der Waals surface area contributed by atoms with Crippen LogP contribution in [-0.4, -0.2) is 38.5 Å². The molecule has 0 aromatic heterocycles. The summed E-state index contributed by atoms with van der Waals surface area (Å²) in [4.78, 5) is -0.562. The summed E-state index contributed by atoms with van der Waals surface area (Å²) in [6.07, 6.45) is -0.534. The number of para-hydroxylation sites is 2. The number of sulfonamides is 1. The highest BCUT2D eigenvalue weighted by Gasteiger charge is 2.31. The Hall–Kier alpha value is -2.19. The maximum Gasteiger partial charge on any atom is 0.246 e. The number of nitrogens with zero attached hydrogens (tertiary/aromatic N) is 1. The second-order valence-electron chi connectivity index (χ2n) is 5.53. The molecular weight excluding hydrogens is 352 g/mol. The number of fused-ring (bicyclic) bond motifs is 1. The van der Waals surface area contributed by atoms with Gasteiger partial charge in [-0.25, -0.2) is 17.2 Å². The van der Waals surface area contributed by atoms with Crippen LogP contribution < -0.4 is 9.47 Å². The fourth-order valence-corrected chi connectivity index (χ4v) is 4.13. The highest BCUT2D eigenvalue weighted by atomic mass is 32.2. The van der Waals surface area contributed by atoms with Gasteiger partial charge in [0.25, 0.3) is 0 Å². The minimum atomic E-state index is -4.12. The maximum absolute atomic E-state index is 13.9. The molecule has 0 fully saturated rings. The third-order valence-corrected chi connectivity index (χ3v) is 5.81. The van der Waals surface area contributed by atoms with Gasteiger partial charge in [-0.3, -0.25) is 0 Å². The van der Waals surface area contributed by atoms with Gasteiger partial charge in [0.05, 0.1) is 6.54 Å². The summed E-state index contributed by atoms with van der Waals surface area (Å²) < 4.78 is 64.7. The van der Waals surface area contributed by atoms with E-state index >= 15 is 0 Å². The molecule has 25 heavy (non-hydrogen) atoms. The van der Waals surface area contributed by atoms with Crippen molar-refractivity contribution >= 4 is 10.0 Å². The molecule has 1 atom stereocenters. The largest absolute Gasteiger partial charge is 0.486 e. The number of hydrogen-bond acceptors (Lipinski definition) is 4.